The predicted octanol–water partition coefficient (Wildman–Crippen LogP) is 3.68. The van der Waals surface area contributed by atoms with E-state index in [-0.39, 0.29) is 17.2 Å². The predicted molar refractivity (Wildman–Crippen MR) is 99.8 cm³/mol. The molecule has 0 spiro atoms. The zero-order valence-corrected chi connectivity index (χ0v) is 16.5. The molecule has 1 saturated carbocycles. The molecule has 0 radical (unpaired) electrons. The van der Waals surface area contributed by atoms with Gasteiger partial charge in [-0.25, -0.2) is 4.79 Å². The molecule has 1 atom stereocenters. The third-order valence-corrected chi connectivity index (χ3v) is 7.01. The molecule has 1 heterocycles. The molecular weight excluding hydrogens is 364 g/mol. The molecular formula is C15H24N4O2S3. The van der Waals surface area contributed by atoms with Gasteiger partial charge in [0, 0.05) is 11.8 Å². The Balaban J connectivity index is 1.73. The fraction of sp³-hybridized carbons (Fsp3) is 0.733. The number of carbonyl (C=O) groups is 2. The number of hydrogen-bond donors (Lipinski definition) is 2. The Morgan fingerprint density at radius 2 is 2.00 bits per heavy atom. The van der Waals surface area contributed by atoms with E-state index in [2.05, 4.69) is 27.8 Å². The number of urea groups is 1. The molecule has 0 aromatic carbocycles. The van der Waals surface area contributed by atoms with Crippen LogP contribution in [-0.4, -0.2) is 39.2 Å². The van der Waals surface area contributed by atoms with Crippen molar-refractivity contribution in [2.45, 2.75) is 72.3 Å². The van der Waals surface area contributed by atoms with Gasteiger partial charge in [0.15, 0.2) is 8.68 Å². The van der Waals surface area contributed by atoms with Gasteiger partial charge in [0.25, 0.3) is 0 Å². The van der Waals surface area contributed by atoms with E-state index in [1.807, 2.05) is 0 Å². The second-order valence-electron chi connectivity index (χ2n) is 5.74. The average Bonchev–Trinajstić information content (AvgIpc) is 3.19. The summed E-state index contributed by atoms with van der Waals surface area (Å²) in [5.74, 6) is 0.735. The van der Waals surface area contributed by atoms with Crippen LogP contribution in [0.2, 0.25) is 0 Å². The number of aromatic nitrogens is 2. The number of unbranched alkanes of at least 4 members (excludes halogenated alkanes) is 1. The molecule has 134 valence electrons. The van der Waals surface area contributed by atoms with Crippen LogP contribution in [0.4, 0.5) is 4.79 Å². The van der Waals surface area contributed by atoms with Crippen LogP contribution in [0.25, 0.3) is 0 Å². The monoisotopic (exact) mass is 388 g/mol. The van der Waals surface area contributed by atoms with Crippen molar-refractivity contribution < 1.29 is 9.59 Å². The Morgan fingerprint density at radius 1 is 1.29 bits per heavy atom. The quantitative estimate of drug-likeness (QED) is 0.522. The van der Waals surface area contributed by atoms with Gasteiger partial charge in [-0.1, -0.05) is 61.0 Å². The maximum absolute atomic E-state index is 12.1. The topological polar surface area (TPSA) is 84.0 Å². The lowest BCUT2D eigenvalue weighted by Crippen LogP contribution is -2.45. The van der Waals surface area contributed by atoms with Crippen LogP contribution in [0.15, 0.2) is 8.68 Å². The molecule has 1 aliphatic rings. The van der Waals surface area contributed by atoms with E-state index >= 15 is 0 Å². The lowest BCUT2D eigenvalue weighted by molar-refractivity contribution is -0.119. The molecule has 3 amide bonds. The van der Waals surface area contributed by atoms with Gasteiger partial charge in [0.1, 0.15) is 0 Å². The molecule has 1 fully saturated rings. The first-order chi connectivity index (χ1) is 11.6. The van der Waals surface area contributed by atoms with E-state index in [1.165, 1.54) is 23.1 Å². The van der Waals surface area contributed by atoms with Gasteiger partial charge in [-0.2, -0.15) is 0 Å². The molecule has 1 aromatic heterocycles. The fourth-order valence-electron chi connectivity index (χ4n) is 2.32. The summed E-state index contributed by atoms with van der Waals surface area (Å²) in [5.41, 5.74) is 0. The molecule has 2 N–H and O–H groups in total. The molecule has 1 aromatic rings. The molecule has 1 aliphatic carbocycles. The van der Waals surface area contributed by atoms with E-state index < -0.39 is 6.03 Å². The standard InChI is InChI=1S/C15H24N4O2S3/c1-3-4-9-22-14-18-19-15(24-14)23-10(2)12(20)17-13(21)16-11-7-5-6-8-11/h10-11H,3-9H2,1-2H3,(H2,16,17,20,21). The molecule has 6 nitrogen and oxygen atoms in total. The lowest BCUT2D eigenvalue weighted by Gasteiger charge is -2.14. The summed E-state index contributed by atoms with van der Waals surface area (Å²) in [6.07, 6.45) is 6.58. The van der Waals surface area contributed by atoms with Gasteiger partial charge in [-0.05, 0) is 26.2 Å². The van der Waals surface area contributed by atoms with Crippen molar-refractivity contribution in [2.24, 2.45) is 0 Å². The molecule has 1 unspecified atom stereocenters. The Kier molecular flexibility index (Phi) is 8.34. The third kappa shape index (κ3) is 6.60. The van der Waals surface area contributed by atoms with Crippen molar-refractivity contribution in [3.05, 3.63) is 0 Å². The summed E-state index contributed by atoms with van der Waals surface area (Å²) in [4.78, 5) is 23.9. The van der Waals surface area contributed by atoms with Crippen LogP contribution in [0.5, 0.6) is 0 Å². The number of rotatable bonds is 8. The van der Waals surface area contributed by atoms with Crippen LogP contribution < -0.4 is 10.6 Å². The maximum atomic E-state index is 12.1. The first kappa shape index (κ1) is 19.5. The van der Waals surface area contributed by atoms with Crippen LogP contribution in [0.1, 0.15) is 52.4 Å². The largest absolute Gasteiger partial charge is 0.335 e. The number of nitrogens with zero attached hydrogens (tertiary/aromatic N) is 2. The number of hydrogen-bond acceptors (Lipinski definition) is 7. The molecule has 24 heavy (non-hydrogen) atoms. The zero-order chi connectivity index (χ0) is 17.4. The molecule has 9 heteroatoms. The molecule has 0 bridgehead atoms. The number of imide groups is 1. The highest BCUT2D eigenvalue weighted by Crippen LogP contribution is 2.31. The Morgan fingerprint density at radius 3 is 2.71 bits per heavy atom. The van der Waals surface area contributed by atoms with E-state index in [0.29, 0.717) is 0 Å². The Labute approximate surface area is 155 Å². The normalized spacial score (nSPS) is 16.1. The Bertz CT molecular complexity index is 547. The first-order valence-electron chi connectivity index (χ1n) is 8.32. The van der Waals surface area contributed by atoms with E-state index in [0.717, 1.165) is 53.0 Å². The third-order valence-electron chi connectivity index (χ3n) is 3.69. The minimum Gasteiger partial charge on any atom is -0.335 e. The van der Waals surface area contributed by atoms with Gasteiger partial charge in [-0.3, -0.25) is 10.1 Å². The van der Waals surface area contributed by atoms with Crippen molar-refractivity contribution in [3.8, 4) is 0 Å². The van der Waals surface area contributed by atoms with Gasteiger partial charge in [-0.15, -0.1) is 10.2 Å². The number of amides is 3. The second-order valence-corrected chi connectivity index (χ2v) is 9.65. The van der Waals surface area contributed by atoms with Crippen molar-refractivity contribution in [1.29, 1.82) is 0 Å². The fourth-order valence-corrected chi connectivity index (χ4v) is 5.64. The minimum absolute atomic E-state index is 0.201. The minimum atomic E-state index is -0.396. The molecule has 0 aliphatic heterocycles. The zero-order valence-electron chi connectivity index (χ0n) is 14.0. The summed E-state index contributed by atoms with van der Waals surface area (Å²) in [5, 5.41) is 13.1. The first-order valence-corrected chi connectivity index (χ1v) is 11.0. The lowest BCUT2D eigenvalue weighted by atomic mass is 10.2. The van der Waals surface area contributed by atoms with E-state index in [4.69, 9.17) is 0 Å². The number of nitrogens with one attached hydrogen (secondary N) is 2. The van der Waals surface area contributed by atoms with Crippen molar-refractivity contribution in [3.63, 3.8) is 0 Å². The summed E-state index contributed by atoms with van der Waals surface area (Å²) < 4.78 is 1.69. The highest BCUT2D eigenvalue weighted by molar-refractivity contribution is 8.03. The maximum Gasteiger partial charge on any atom is 0.321 e. The SMILES string of the molecule is CCCCSc1nnc(SC(C)C(=O)NC(=O)NC2CCCC2)s1. The van der Waals surface area contributed by atoms with Gasteiger partial charge in [0.05, 0.1) is 5.25 Å². The average molecular weight is 389 g/mol. The van der Waals surface area contributed by atoms with E-state index in [9.17, 15) is 9.59 Å². The highest BCUT2D eigenvalue weighted by Gasteiger charge is 2.22. The van der Waals surface area contributed by atoms with Gasteiger partial charge >= 0.3 is 6.03 Å². The molecule has 0 saturated heterocycles. The van der Waals surface area contributed by atoms with Gasteiger partial charge < -0.3 is 5.32 Å². The summed E-state index contributed by atoms with van der Waals surface area (Å²) in [7, 11) is 0. The smallest absolute Gasteiger partial charge is 0.321 e. The highest BCUT2D eigenvalue weighted by atomic mass is 32.2. The van der Waals surface area contributed by atoms with Crippen LogP contribution in [0, 0.1) is 0 Å². The van der Waals surface area contributed by atoms with Crippen LogP contribution >= 0.6 is 34.9 Å². The van der Waals surface area contributed by atoms with E-state index in [1.54, 1.807) is 18.7 Å². The van der Waals surface area contributed by atoms with Crippen LogP contribution in [0.3, 0.4) is 0 Å². The molecule has 2 rings (SSSR count). The summed E-state index contributed by atoms with van der Waals surface area (Å²) in [6.45, 7) is 3.93. The van der Waals surface area contributed by atoms with Crippen molar-refractivity contribution >= 4 is 46.8 Å². The van der Waals surface area contributed by atoms with Gasteiger partial charge in [0.2, 0.25) is 5.91 Å². The number of carbonyl (C=O) groups excluding carboxylic acids is 2. The summed E-state index contributed by atoms with van der Waals surface area (Å²) >= 11 is 4.53. The van der Waals surface area contributed by atoms with Crippen LogP contribution in [-0.2, 0) is 4.79 Å². The van der Waals surface area contributed by atoms with Crippen molar-refractivity contribution in [1.82, 2.24) is 20.8 Å². The number of thioether (sulfide) groups is 2. The second kappa shape index (κ2) is 10.2. The van der Waals surface area contributed by atoms with Crippen molar-refractivity contribution in [2.75, 3.05) is 5.75 Å². The summed E-state index contributed by atoms with van der Waals surface area (Å²) in [6, 6.07) is -0.195. The Hall–Kier alpha value is -0.800.